The van der Waals surface area contributed by atoms with Crippen molar-refractivity contribution in [2.75, 3.05) is 13.6 Å². The summed E-state index contributed by atoms with van der Waals surface area (Å²) < 4.78 is 14.5. The first-order chi connectivity index (χ1) is 13.4. The summed E-state index contributed by atoms with van der Waals surface area (Å²) in [6.07, 6.45) is 3.48. The van der Waals surface area contributed by atoms with E-state index in [9.17, 15) is 19.1 Å². The van der Waals surface area contributed by atoms with E-state index in [0.717, 1.165) is 5.56 Å². The van der Waals surface area contributed by atoms with Gasteiger partial charge in [0.1, 0.15) is 11.9 Å². The van der Waals surface area contributed by atoms with Gasteiger partial charge in [-0.3, -0.25) is 19.5 Å². The number of carbonyl (C=O) groups is 2. The molecule has 0 unspecified atom stereocenters. The number of likely N-dealkylation sites (N-methyl/N-ethyl adjacent to an activating group) is 1. The first-order valence-electron chi connectivity index (χ1n) is 9.30. The molecule has 1 aromatic carbocycles. The molecule has 0 saturated carbocycles. The molecule has 2 heterocycles. The molecule has 1 saturated heterocycles. The van der Waals surface area contributed by atoms with Crippen molar-refractivity contribution in [2.24, 2.45) is 5.92 Å². The van der Waals surface area contributed by atoms with Crippen LogP contribution in [0.25, 0.3) is 0 Å². The number of aliphatic carboxylic acids is 1. The first-order valence-corrected chi connectivity index (χ1v) is 9.30. The zero-order valence-electron chi connectivity index (χ0n) is 16.0. The molecule has 1 aromatic heterocycles. The van der Waals surface area contributed by atoms with E-state index in [1.807, 2.05) is 19.1 Å². The molecule has 1 aliphatic heterocycles. The fourth-order valence-electron chi connectivity index (χ4n) is 3.96. The number of carboxylic acid groups (broad SMARTS) is 1. The second-order valence-electron chi connectivity index (χ2n) is 7.04. The zero-order chi connectivity index (χ0) is 20.3. The van der Waals surface area contributed by atoms with Gasteiger partial charge in [0.15, 0.2) is 0 Å². The Hall–Kier alpha value is -2.80. The third kappa shape index (κ3) is 3.89. The molecule has 0 aliphatic carbocycles. The highest BCUT2D eigenvalue weighted by molar-refractivity contribution is 5.83. The van der Waals surface area contributed by atoms with Crippen LogP contribution in [0.5, 0.6) is 0 Å². The van der Waals surface area contributed by atoms with E-state index in [0.29, 0.717) is 18.7 Å². The third-order valence-corrected chi connectivity index (χ3v) is 5.43. The lowest BCUT2D eigenvalue weighted by Gasteiger charge is -2.30. The molecule has 7 heteroatoms. The summed E-state index contributed by atoms with van der Waals surface area (Å²) in [7, 11) is 1.64. The van der Waals surface area contributed by atoms with Gasteiger partial charge >= 0.3 is 5.97 Å². The number of carbonyl (C=O) groups excluding carboxylic acids is 1. The van der Waals surface area contributed by atoms with Gasteiger partial charge in [0.25, 0.3) is 0 Å². The molecule has 28 heavy (non-hydrogen) atoms. The van der Waals surface area contributed by atoms with Gasteiger partial charge in [0, 0.05) is 37.1 Å². The lowest BCUT2D eigenvalue weighted by atomic mass is 9.91. The quantitative estimate of drug-likeness (QED) is 0.828. The second kappa shape index (κ2) is 8.48. The monoisotopic (exact) mass is 385 g/mol. The highest BCUT2D eigenvalue weighted by Crippen LogP contribution is 2.42. The average molecular weight is 385 g/mol. The van der Waals surface area contributed by atoms with Gasteiger partial charge in [-0.2, -0.15) is 0 Å². The van der Waals surface area contributed by atoms with E-state index in [1.54, 1.807) is 47.4 Å². The van der Waals surface area contributed by atoms with E-state index < -0.39 is 29.8 Å². The van der Waals surface area contributed by atoms with Crippen molar-refractivity contribution >= 4 is 11.9 Å². The minimum atomic E-state index is -1.00. The summed E-state index contributed by atoms with van der Waals surface area (Å²) in [5.74, 6) is -2.23. The zero-order valence-corrected chi connectivity index (χ0v) is 16.0. The van der Waals surface area contributed by atoms with Crippen molar-refractivity contribution in [3.8, 4) is 0 Å². The molecule has 1 fully saturated rings. The number of amides is 1. The molecule has 0 bridgehead atoms. The maximum absolute atomic E-state index is 14.5. The van der Waals surface area contributed by atoms with Crippen molar-refractivity contribution in [3.05, 3.63) is 65.7 Å². The lowest BCUT2D eigenvalue weighted by molar-refractivity contribution is -0.142. The van der Waals surface area contributed by atoms with Gasteiger partial charge in [-0.1, -0.05) is 18.2 Å². The topological polar surface area (TPSA) is 73.7 Å². The van der Waals surface area contributed by atoms with Crippen LogP contribution >= 0.6 is 0 Å². The van der Waals surface area contributed by atoms with Crippen molar-refractivity contribution < 1.29 is 19.1 Å². The summed E-state index contributed by atoms with van der Waals surface area (Å²) in [5.41, 5.74) is 1.29. The molecule has 148 valence electrons. The third-order valence-electron chi connectivity index (χ3n) is 5.43. The molecular formula is C21H24FN3O3. The second-order valence-corrected chi connectivity index (χ2v) is 7.04. The number of hydrogen-bond donors (Lipinski definition) is 1. The van der Waals surface area contributed by atoms with Crippen molar-refractivity contribution in [2.45, 2.75) is 32.0 Å². The predicted octanol–water partition coefficient (Wildman–Crippen LogP) is 2.72. The van der Waals surface area contributed by atoms with Gasteiger partial charge in [-0.25, -0.2) is 4.39 Å². The fourth-order valence-corrected chi connectivity index (χ4v) is 3.96. The van der Waals surface area contributed by atoms with Crippen LogP contribution < -0.4 is 0 Å². The number of aromatic nitrogens is 1. The minimum absolute atomic E-state index is 0.149. The lowest BCUT2D eigenvalue weighted by Crippen LogP contribution is -2.38. The summed E-state index contributed by atoms with van der Waals surface area (Å²) in [6.45, 7) is 2.76. The van der Waals surface area contributed by atoms with Crippen LogP contribution in [-0.2, 0) is 16.1 Å². The first kappa shape index (κ1) is 19.9. The fraction of sp³-hybridized carbons (Fsp3) is 0.381. The molecule has 2 aromatic rings. The minimum Gasteiger partial charge on any atom is -0.480 e. The molecule has 1 amide bonds. The van der Waals surface area contributed by atoms with Crippen molar-refractivity contribution in [1.29, 1.82) is 0 Å². The number of benzene rings is 1. The molecule has 3 atom stereocenters. The Morgan fingerprint density at radius 2 is 1.93 bits per heavy atom. The molecule has 1 N–H and O–H groups in total. The Morgan fingerprint density at radius 3 is 2.54 bits per heavy atom. The average Bonchev–Trinajstić information content (AvgIpc) is 3.04. The number of halogens is 1. The Balaban J connectivity index is 1.92. The van der Waals surface area contributed by atoms with E-state index >= 15 is 0 Å². The van der Waals surface area contributed by atoms with E-state index in [4.69, 9.17) is 0 Å². The van der Waals surface area contributed by atoms with E-state index in [1.165, 1.54) is 6.07 Å². The summed E-state index contributed by atoms with van der Waals surface area (Å²) in [6, 6.07) is 8.47. The van der Waals surface area contributed by atoms with Crippen LogP contribution in [0.3, 0.4) is 0 Å². The summed E-state index contributed by atoms with van der Waals surface area (Å²) in [5, 5.41) is 9.58. The SMILES string of the molecule is CCN(Cc1ccncc1)C(=O)[C@@H]1C[C@H](C(=O)O)N(C)[C@@H]1c1ccccc1F. The van der Waals surface area contributed by atoms with Gasteiger partial charge < -0.3 is 10.0 Å². The van der Waals surface area contributed by atoms with Gasteiger partial charge in [0.2, 0.25) is 5.91 Å². The van der Waals surface area contributed by atoms with Gasteiger partial charge in [-0.05, 0) is 44.2 Å². The summed E-state index contributed by atoms with van der Waals surface area (Å²) >= 11 is 0. The number of likely N-dealkylation sites (tertiary alicyclic amines) is 1. The van der Waals surface area contributed by atoms with Crippen LogP contribution in [0, 0.1) is 11.7 Å². The number of pyridine rings is 1. The molecular weight excluding hydrogens is 361 g/mol. The van der Waals surface area contributed by atoms with Crippen molar-refractivity contribution in [1.82, 2.24) is 14.8 Å². The Kier molecular flexibility index (Phi) is 6.04. The molecule has 6 nitrogen and oxygen atoms in total. The maximum atomic E-state index is 14.5. The maximum Gasteiger partial charge on any atom is 0.320 e. The van der Waals surface area contributed by atoms with Crippen LogP contribution in [0.15, 0.2) is 48.8 Å². The normalized spacial score (nSPS) is 22.2. The van der Waals surface area contributed by atoms with Crippen LogP contribution in [0.2, 0.25) is 0 Å². The standard InChI is InChI=1S/C21H24FN3O3/c1-3-25(13-14-8-10-23-11-9-14)20(26)16-12-18(21(27)28)24(2)19(16)15-6-4-5-7-17(15)22/h4-11,16,18-19H,3,12-13H2,1-2H3,(H,27,28)/t16-,18-,19-/m1/s1. The Bertz CT molecular complexity index is 846. The van der Waals surface area contributed by atoms with Gasteiger partial charge in [0.05, 0.1) is 5.92 Å². The highest BCUT2D eigenvalue weighted by Gasteiger charge is 2.48. The van der Waals surface area contributed by atoms with E-state index in [2.05, 4.69) is 4.98 Å². The van der Waals surface area contributed by atoms with Crippen LogP contribution in [0.4, 0.5) is 4.39 Å². The molecule has 3 rings (SSSR count). The van der Waals surface area contributed by atoms with Crippen molar-refractivity contribution in [3.63, 3.8) is 0 Å². The smallest absolute Gasteiger partial charge is 0.320 e. The molecule has 1 aliphatic rings. The summed E-state index contributed by atoms with van der Waals surface area (Å²) in [4.78, 5) is 32.3. The predicted molar refractivity (Wildman–Crippen MR) is 102 cm³/mol. The number of hydrogen-bond acceptors (Lipinski definition) is 4. The largest absolute Gasteiger partial charge is 0.480 e. The Labute approximate surface area is 163 Å². The number of carboxylic acids is 1. The number of nitrogens with zero attached hydrogens (tertiary/aromatic N) is 3. The highest BCUT2D eigenvalue weighted by atomic mass is 19.1. The number of rotatable bonds is 6. The van der Waals surface area contributed by atoms with E-state index in [-0.39, 0.29) is 12.3 Å². The van der Waals surface area contributed by atoms with Gasteiger partial charge in [-0.15, -0.1) is 0 Å². The molecule has 0 spiro atoms. The Morgan fingerprint density at radius 1 is 1.25 bits per heavy atom. The van der Waals surface area contributed by atoms with Crippen LogP contribution in [-0.4, -0.2) is 51.4 Å². The van der Waals surface area contributed by atoms with Crippen LogP contribution in [0.1, 0.15) is 30.5 Å². The molecule has 0 radical (unpaired) electrons.